The lowest BCUT2D eigenvalue weighted by atomic mass is 10.1. The fourth-order valence-electron chi connectivity index (χ4n) is 2.29. The number of hydrogen-bond acceptors (Lipinski definition) is 4. The van der Waals surface area contributed by atoms with Crippen LogP contribution >= 0.6 is 0 Å². The van der Waals surface area contributed by atoms with Crippen LogP contribution in [0.25, 0.3) is 0 Å². The van der Waals surface area contributed by atoms with Crippen LogP contribution in [0, 0.1) is 0 Å². The first-order valence-electron chi connectivity index (χ1n) is 6.12. The number of rotatable bonds is 4. The molecule has 1 aromatic rings. The monoisotopic (exact) mass is 235 g/mol. The summed E-state index contributed by atoms with van der Waals surface area (Å²) >= 11 is 0. The van der Waals surface area contributed by atoms with Gasteiger partial charge in [0, 0.05) is 31.7 Å². The average Bonchev–Trinajstić information content (AvgIpc) is 2.40. The Morgan fingerprint density at radius 1 is 1.06 bits per heavy atom. The first-order chi connectivity index (χ1) is 8.35. The predicted molar refractivity (Wildman–Crippen MR) is 68.5 cm³/mol. The Labute approximate surface area is 103 Å². The molecule has 0 aromatic heterocycles. The van der Waals surface area contributed by atoms with Crippen LogP contribution in [0.15, 0.2) is 30.3 Å². The topological polar surface area (TPSA) is 64.5 Å². The van der Waals surface area contributed by atoms with E-state index in [1.54, 1.807) is 0 Å². The maximum atomic E-state index is 5.80. The molecule has 1 aliphatic heterocycles. The molecule has 0 spiro atoms. The smallest absolute Gasteiger partial charge is 0.0635 e. The number of nitrogens with zero attached hydrogens (tertiary/aromatic N) is 1. The summed E-state index contributed by atoms with van der Waals surface area (Å²) in [5.41, 5.74) is 12.9. The van der Waals surface area contributed by atoms with Gasteiger partial charge in [0.15, 0.2) is 0 Å². The molecule has 1 heterocycles. The summed E-state index contributed by atoms with van der Waals surface area (Å²) in [5.74, 6) is 0. The second-order valence-corrected chi connectivity index (χ2v) is 4.47. The van der Waals surface area contributed by atoms with Crippen molar-refractivity contribution in [3.63, 3.8) is 0 Å². The Bertz CT molecular complexity index is 319. The quantitative estimate of drug-likeness (QED) is 0.781. The van der Waals surface area contributed by atoms with Crippen LogP contribution in [0.2, 0.25) is 0 Å². The second-order valence-electron chi connectivity index (χ2n) is 4.47. The standard InChI is InChI=1S/C13H21N3O/c14-6-12-9-17-10-13(7-15)16(12)8-11-4-2-1-3-5-11/h1-5,12-13H,6-10,14-15H2. The van der Waals surface area contributed by atoms with E-state index in [2.05, 4.69) is 29.2 Å². The first kappa shape index (κ1) is 12.5. The summed E-state index contributed by atoms with van der Waals surface area (Å²) in [4.78, 5) is 2.37. The third-order valence-corrected chi connectivity index (χ3v) is 3.31. The number of benzene rings is 1. The van der Waals surface area contributed by atoms with Crippen molar-refractivity contribution in [2.75, 3.05) is 26.3 Å². The minimum Gasteiger partial charge on any atom is -0.378 e. The SMILES string of the molecule is NCC1COCC(CN)N1Cc1ccccc1. The molecular formula is C13H21N3O. The summed E-state index contributed by atoms with van der Waals surface area (Å²) in [6.45, 7) is 3.54. The molecule has 94 valence electrons. The summed E-state index contributed by atoms with van der Waals surface area (Å²) < 4.78 is 5.54. The molecule has 1 aromatic carbocycles. The van der Waals surface area contributed by atoms with Crippen LogP contribution in [0.3, 0.4) is 0 Å². The molecule has 4 heteroatoms. The van der Waals surface area contributed by atoms with E-state index in [9.17, 15) is 0 Å². The molecule has 1 saturated heterocycles. The van der Waals surface area contributed by atoms with Crippen LogP contribution in [-0.4, -0.2) is 43.3 Å². The number of nitrogens with two attached hydrogens (primary N) is 2. The number of ether oxygens (including phenoxy) is 1. The van der Waals surface area contributed by atoms with Crippen molar-refractivity contribution in [2.45, 2.75) is 18.6 Å². The van der Waals surface area contributed by atoms with E-state index in [0.29, 0.717) is 26.3 Å². The van der Waals surface area contributed by atoms with E-state index in [-0.39, 0.29) is 12.1 Å². The highest BCUT2D eigenvalue weighted by Gasteiger charge is 2.29. The van der Waals surface area contributed by atoms with Crippen LogP contribution in [-0.2, 0) is 11.3 Å². The molecule has 2 atom stereocenters. The number of hydrogen-bond donors (Lipinski definition) is 2. The molecule has 17 heavy (non-hydrogen) atoms. The third kappa shape index (κ3) is 3.04. The maximum Gasteiger partial charge on any atom is 0.0635 e. The Morgan fingerprint density at radius 2 is 1.65 bits per heavy atom. The van der Waals surface area contributed by atoms with Crippen LogP contribution in [0.1, 0.15) is 5.56 Å². The molecule has 1 aliphatic rings. The van der Waals surface area contributed by atoms with Crippen molar-refractivity contribution in [2.24, 2.45) is 11.5 Å². The largest absolute Gasteiger partial charge is 0.378 e. The molecule has 2 rings (SSSR count). The van der Waals surface area contributed by atoms with Crippen molar-refractivity contribution in [3.8, 4) is 0 Å². The summed E-state index contributed by atoms with van der Waals surface area (Å²) in [6, 6.07) is 11.0. The maximum absolute atomic E-state index is 5.80. The summed E-state index contributed by atoms with van der Waals surface area (Å²) in [6.07, 6.45) is 0. The van der Waals surface area contributed by atoms with Crippen molar-refractivity contribution >= 4 is 0 Å². The highest BCUT2D eigenvalue weighted by atomic mass is 16.5. The number of morpholine rings is 1. The molecule has 1 fully saturated rings. The third-order valence-electron chi connectivity index (χ3n) is 3.31. The zero-order chi connectivity index (χ0) is 12.1. The lowest BCUT2D eigenvalue weighted by molar-refractivity contribution is -0.0472. The zero-order valence-electron chi connectivity index (χ0n) is 10.1. The van der Waals surface area contributed by atoms with E-state index < -0.39 is 0 Å². The molecule has 2 unspecified atom stereocenters. The van der Waals surface area contributed by atoms with Gasteiger partial charge in [-0.2, -0.15) is 0 Å². The van der Waals surface area contributed by atoms with E-state index in [1.807, 2.05) is 6.07 Å². The van der Waals surface area contributed by atoms with Gasteiger partial charge in [-0.25, -0.2) is 0 Å². The van der Waals surface area contributed by atoms with E-state index in [1.165, 1.54) is 5.56 Å². The molecular weight excluding hydrogens is 214 g/mol. The van der Waals surface area contributed by atoms with Gasteiger partial charge < -0.3 is 16.2 Å². The highest BCUT2D eigenvalue weighted by Crippen LogP contribution is 2.16. The van der Waals surface area contributed by atoms with Gasteiger partial charge in [-0.1, -0.05) is 30.3 Å². The van der Waals surface area contributed by atoms with Gasteiger partial charge in [0.25, 0.3) is 0 Å². The van der Waals surface area contributed by atoms with Gasteiger partial charge in [0.1, 0.15) is 0 Å². The predicted octanol–water partition coefficient (Wildman–Crippen LogP) is 0.173. The Hall–Kier alpha value is -0.940. The Kier molecular flexibility index (Phi) is 4.50. The van der Waals surface area contributed by atoms with Crippen molar-refractivity contribution in [1.82, 2.24) is 4.90 Å². The highest BCUT2D eigenvalue weighted by molar-refractivity contribution is 5.15. The Balaban J connectivity index is 2.08. The van der Waals surface area contributed by atoms with Gasteiger partial charge in [0.05, 0.1) is 13.2 Å². The lowest BCUT2D eigenvalue weighted by Gasteiger charge is -2.41. The van der Waals surface area contributed by atoms with Crippen LogP contribution in [0.5, 0.6) is 0 Å². The minimum atomic E-state index is 0.275. The van der Waals surface area contributed by atoms with Crippen molar-refractivity contribution < 1.29 is 4.74 Å². The van der Waals surface area contributed by atoms with Gasteiger partial charge in [-0.3, -0.25) is 4.90 Å². The van der Waals surface area contributed by atoms with E-state index in [4.69, 9.17) is 16.2 Å². The van der Waals surface area contributed by atoms with Crippen LogP contribution in [0.4, 0.5) is 0 Å². The van der Waals surface area contributed by atoms with Gasteiger partial charge >= 0.3 is 0 Å². The lowest BCUT2D eigenvalue weighted by Crippen LogP contribution is -2.56. The fraction of sp³-hybridized carbons (Fsp3) is 0.538. The van der Waals surface area contributed by atoms with E-state index >= 15 is 0 Å². The average molecular weight is 235 g/mol. The van der Waals surface area contributed by atoms with Gasteiger partial charge in [-0.15, -0.1) is 0 Å². The molecule has 0 aliphatic carbocycles. The van der Waals surface area contributed by atoms with E-state index in [0.717, 1.165) is 6.54 Å². The molecule has 4 nitrogen and oxygen atoms in total. The van der Waals surface area contributed by atoms with Gasteiger partial charge in [0.2, 0.25) is 0 Å². The molecule has 0 saturated carbocycles. The summed E-state index contributed by atoms with van der Waals surface area (Å²) in [5, 5.41) is 0. The molecule has 0 amide bonds. The molecule has 0 radical (unpaired) electrons. The van der Waals surface area contributed by atoms with Crippen molar-refractivity contribution in [3.05, 3.63) is 35.9 Å². The second kappa shape index (κ2) is 6.12. The first-order valence-corrected chi connectivity index (χ1v) is 6.12. The fourth-order valence-corrected chi connectivity index (χ4v) is 2.29. The molecule has 4 N–H and O–H groups in total. The zero-order valence-corrected chi connectivity index (χ0v) is 10.1. The van der Waals surface area contributed by atoms with Gasteiger partial charge in [-0.05, 0) is 5.56 Å². The molecule has 0 bridgehead atoms. The Morgan fingerprint density at radius 3 is 2.18 bits per heavy atom. The van der Waals surface area contributed by atoms with Crippen LogP contribution < -0.4 is 11.5 Å². The normalized spacial score (nSPS) is 26.0. The minimum absolute atomic E-state index is 0.275. The summed E-state index contributed by atoms with van der Waals surface area (Å²) in [7, 11) is 0. The van der Waals surface area contributed by atoms with Crippen molar-refractivity contribution in [1.29, 1.82) is 0 Å².